The van der Waals surface area contributed by atoms with Gasteiger partial charge >= 0.3 is 0 Å². The summed E-state index contributed by atoms with van der Waals surface area (Å²) in [6, 6.07) is 12.1. The molecule has 4 rings (SSSR count). The maximum atomic E-state index is 12.9. The Balaban J connectivity index is 1.74. The number of Topliss-reactive ketones (excluding diaryl/α,β-unsaturated/α-hetero) is 1. The van der Waals surface area contributed by atoms with E-state index in [1.54, 1.807) is 19.2 Å². The zero-order valence-electron chi connectivity index (χ0n) is 14.0. The summed E-state index contributed by atoms with van der Waals surface area (Å²) in [6.45, 7) is 0. The molecule has 2 aromatic rings. The summed E-state index contributed by atoms with van der Waals surface area (Å²) in [5.41, 5.74) is 1.89. The van der Waals surface area contributed by atoms with E-state index < -0.39 is 9.84 Å². The molecular weight excluding hydrogens is 374 g/mol. The Hall–Kier alpha value is -2.31. The van der Waals surface area contributed by atoms with Crippen molar-refractivity contribution in [1.29, 1.82) is 0 Å². The number of sulfone groups is 1. The molecule has 26 heavy (non-hydrogen) atoms. The lowest BCUT2D eigenvalue weighted by Crippen LogP contribution is -2.30. The quantitative estimate of drug-likeness (QED) is 0.843. The summed E-state index contributed by atoms with van der Waals surface area (Å²) >= 11 is 5.94. The van der Waals surface area contributed by atoms with Gasteiger partial charge < -0.3 is 10.1 Å². The number of ketones is 1. The molecule has 1 aliphatic heterocycles. The van der Waals surface area contributed by atoms with Gasteiger partial charge in [-0.05, 0) is 48.2 Å². The number of methoxy groups -OCH3 is 1. The third-order valence-electron chi connectivity index (χ3n) is 4.78. The summed E-state index contributed by atoms with van der Waals surface area (Å²) < 4.78 is 31.0. The van der Waals surface area contributed by atoms with E-state index in [4.69, 9.17) is 16.3 Å². The fourth-order valence-corrected chi connectivity index (χ4v) is 5.51. The highest BCUT2D eigenvalue weighted by atomic mass is 35.5. The minimum atomic E-state index is -3.87. The van der Waals surface area contributed by atoms with Crippen LogP contribution in [0.1, 0.15) is 24.3 Å². The van der Waals surface area contributed by atoms with Crippen LogP contribution in [0.15, 0.2) is 58.0 Å². The normalized spacial score (nSPS) is 20.8. The molecular formula is C19H16ClNO4S. The van der Waals surface area contributed by atoms with Crippen molar-refractivity contribution >= 4 is 32.9 Å². The van der Waals surface area contributed by atoms with E-state index in [-0.39, 0.29) is 27.9 Å². The smallest absolute Gasteiger partial charge is 0.213 e. The number of halogens is 1. The maximum Gasteiger partial charge on any atom is 0.213 e. The van der Waals surface area contributed by atoms with Crippen LogP contribution >= 0.6 is 11.6 Å². The zero-order chi connectivity index (χ0) is 18.5. The lowest BCUT2D eigenvalue weighted by atomic mass is 9.85. The van der Waals surface area contributed by atoms with Gasteiger partial charge in [-0.3, -0.25) is 4.79 Å². The first kappa shape index (κ1) is 17.1. The molecule has 1 heterocycles. The highest BCUT2D eigenvalue weighted by Gasteiger charge is 2.41. The Bertz CT molecular complexity index is 1040. The Kier molecular flexibility index (Phi) is 4.04. The van der Waals surface area contributed by atoms with E-state index in [0.29, 0.717) is 22.8 Å². The molecule has 134 valence electrons. The van der Waals surface area contributed by atoms with Gasteiger partial charge in [0.05, 0.1) is 17.7 Å². The van der Waals surface area contributed by atoms with Gasteiger partial charge in [0.15, 0.2) is 5.78 Å². The fourth-order valence-electron chi connectivity index (χ4n) is 3.52. The van der Waals surface area contributed by atoms with Crippen LogP contribution in [0.25, 0.3) is 0 Å². The zero-order valence-corrected chi connectivity index (χ0v) is 15.5. The van der Waals surface area contributed by atoms with Crippen molar-refractivity contribution in [2.45, 2.75) is 23.7 Å². The van der Waals surface area contributed by atoms with Crippen molar-refractivity contribution in [3.8, 4) is 5.75 Å². The summed E-state index contributed by atoms with van der Waals surface area (Å²) in [7, 11) is -2.27. The van der Waals surface area contributed by atoms with Gasteiger partial charge in [0, 0.05) is 17.1 Å². The number of hydrogen-bond acceptors (Lipinski definition) is 5. The van der Waals surface area contributed by atoms with Crippen LogP contribution in [0.3, 0.4) is 0 Å². The van der Waals surface area contributed by atoms with Crippen LogP contribution in [0.5, 0.6) is 5.75 Å². The van der Waals surface area contributed by atoms with Gasteiger partial charge in [0.25, 0.3) is 0 Å². The number of carbonyl (C=O) groups excluding carboxylic acids is 1. The number of hydrogen-bond donors (Lipinski definition) is 1. The fraction of sp³-hybridized carbons (Fsp3) is 0.211. The third kappa shape index (κ3) is 2.70. The Morgan fingerprint density at radius 3 is 2.54 bits per heavy atom. The molecule has 0 aromatic heterocycles. The summed E-state index contributed by atoms with van der Waals surface area (Å²) in [4.78, 5) is 12.6. The van der Waals surface area contributed by atoms with Gasteiger partial charge in [-0.1, -0.05) is 23.7 Å². The molecule has 1 unspecified atom stereocenters. The maximum absolute atomic E-state index is 12.9. The molecule has 1 N–H and O–H groups in total. The molecule has 2 aromatic carbocycles. The number of benzene rings is 2. The third-order valence-corrected chi connectivity index (χ3v) is 6.95. The average molecular weight is 390 g/mol. The number of rotatable bonds is 2. The van der Waals surface area contributed by atoms with Crippen molar-refractivity contribution in [2.75, 3.05) is 12.4 Å². The molecule has 0 radical (unpaired) electrons. The second-order valence-corrected chi connectivity index (χ2v) is 8.67. The van der Waals surface area contributed by atoms with Gasteiger partial charge in [0.2, 0.25) is 9.84 Å². The van der Waals surface area contributed by atoms with E-state index in [1.165, 1.54) is 6.07 Å². The first-order chi connectivity index (χ1) is 12.4. The van der Waals surface area contributed by atoms with Crippen LogP contribution < -0.4 is 10.1 Å². The van der Waals surface area contributed by atoms with E-state index in [9.17, 15) is 13.2 Å². The van der Waals surface area contributed by atoms with Crippen LogP contribution in [-0.2, 0) is 14.6 Å². The Morgan fingerprint density at radius 1 is 1.12 bits per heavy atom. The molecule has 0 spiro atoms. The van der Waals surface area contributed by atoms with Gasteiger partial charge in [0.1, 0.15) is 10.7 Å². The lowest BCUT2D eigenvalue weighted by molar-refractivity contribution is -0.115. The predicted molar refractivity (Wildman–Crippen MR) is 99.3 cm³/mol. The highest BCUT2D eigenvalue weighted by Crippen LogP contribution is 2.44. The topological polar surface area (TPSA) is 72.5 Å². The molecule has 7 heteroatoms. The molecule has 0 bridgehead atoms. The van der Waals surface area contributed by atoms with E-state index in [0.717, 1.165) is 11.3 Å². The van der Waals surface area contributed by atoms with Gasteiger partial charge in [-0.25, -0.2) is 8.42 Å². The molecule has 0 saturated heterocycles. The number of anilines is 1. The molecule has 0 saturated carbocycles. The van der Waals surface area contributed by atoms with Gasteiger partial charge in [-0.2, -0.15) is 0 Å². The summed E-state index contributed by atoms with van der Waals surface area (Å²) in [6.07, 6.45) is 0.608. The molecule has 2 aliphatic rings. The lowest BCUT2D eigenvalue weighted by Gasteiger charge is -2.31. The molecule has 0 amide bonds. The minimum Gasteiger partial charge on any atom is -0.497 e. The number of allylic oxidation sites excluding steroid dienone is 2. The van der Waals surface area contributed by atoms with Crippen molar-refractivity contribution in [1.82, 2.24) is 0 Å². The monoisotopic (exact) mass is 389 g/mol. The number of nitrogens with one attached hydrogen (secondary N) is 1. The Morgan fingerprint density at radius 2 is 1.85 bits per heavy atom. The number of ether oxygens (including phenoxy) is 1. The van der Waals surface area contributed by atoms with Crippen LogP contribution in [0.4, 0.5) is 5.69 Å². The second-order valence-electron chi connectivity index (χ2n) is 6.38. The Labute approximate surface area is 156 Å². The SMILES string of the molecule is COc1ccc(C2CC(=O)C3=C(C2)Nc2ccc(Cl)cc2S3(=O)=O)cc1. The van der Waals surface area contributed by atoms with Crippen LogP contribution in [-0.4, -0.2) is 21.3 Å². The second kappa shape index (κ2) is 6.14. The van der Waals surface area contributed by atoms with Crippen molar-refractivity contribution < 1.29 is 17.9 Å². The summed E-state index contributed by atoms with van der Waals surface area (Å²) in [5.74, 6) is 0.286. The van der Waals surface area contributed by atoms with E-state index in [1.807, 2.05) is 24.3 Å². The van der Waals surface area contributed by atoms with E-state index in [2.05, 4.69) is 5.32 Å². The molecule has 1 aliphatic carbocycles. The largest absolute Gasteiger partial charge is 0.497 e. The average Bonchev–Trinajstić information content (AvgIpc) is 2.62. The number of fused-ring (bicyclic) bond motifs is 1. The highest BCUT2D eigenvalue weighted by molar-refractivity contribution is 7.96. The van der Waals surface area contributed by atoms with Crippen LogP contribution in [0.2, 0.25) is 5.02 Å². The molecule has 0 fully saturated rings. The van der Waals surface area contributed by atoms with Crippen molar-refractivity contribution in [3.63, 3.8) is 0 Å². The first-order valence-corrected chi connectivity index (χ1v) is 9.98. The van der Waals surface area contributed by atoms with E-state index >= 15 is 0 Å². The molecule has 1 atom stereocenters. The van der Waals surface area contributed by atoms with Crippen LogP contribution in [0, 0.1) is 0 Å². The number of carbonyl (C=O) groups is 1. The van der Waals surface area contributed by atoms with Gasteiger partial charge in [-0.15, -0.1) is 0 Å². The summed E-state index contributed by atoms with van der Waals surface area (Å²) in [5, 5.41) is 3.45. The predicted octanol–water partition coefficient (Wildman–Crippen LogP) is 3.91. The minimum absolute atomic E-state index is 0.0556. The van der Waals surface area contributed by atoms with Crippen molar-refractivity contribution in [3.05, 3.63) is 63.7 Å². The standard InChI is InChI=1S/C19H16ClNO4S/c1-25-14-5-2-11(3-6-14)12-8-16-19(17(22)9-12)26(23,24)18-10-13(20)4-7-15(18)21-16/h2-7,10,12,21H,8-9H2,1H3. The molecule has 5 nitrogen and oxygen atoms in total. The van der Waals surface area contributed by atoms with Crippen molar-refractivity contribution in [2.24, 2.45) is 0 Å². The first-order valence-electron chi connectivity index (χ1n) is 8.12.